The number of nitrogens with zero attached hydrogens (tertiary/aromatic N) is 3. The summed E-state index contributed by atoms with van der Waals surface area (Å²) in [6.45, 7) is 5.33. The van der Waals surface area contributed by atoms with Crippen LogP contribution in [0.4, 0.5) is 0 Å². The molecule has 0 amide bonds. The fraction of sp³-hybridized carbons (Fsp3) is 0.467. The molecule has 4 nitrogen and oxygen atoms in total. The Morgan fingerprint density at radius 2 is 1.95 bits per heavy atom. The van der Waals surface area contributed by atoms with Gasteiger partial charge in [0.25, 0.3) is 0 Å². The Balaban J connectivity index is 1.98. The number of aryl methyl sites for hydroxylation is 1. The molecular formula is C15H21N3O. The maximum Gasteiger partial charge on any atom is 0.0828 e. The van der Waals surface area contributed by atoms with Crippen molar-refractivity contribution in [1.82, 2.24) is 15.0 Å². The predicted molar refractivity (Wildman–Crippen MR) is 75.1 cm³/mol. The van der Waals surface area contributed by atoms with Crippen LogP contribution in [0.2, 0.25) is 0 Å². The lowest BCUT2D eigenvalue weighted by atomic mass is 10.0. The first-order valence-corrected chi connectivity index (χ1v) is 6.77. The summed E-state index contributed by atoms with van der Waals surface area (Å²) in [6.07, 6.45) is 3.47. The van der Waals surface area contributed by atoms with Crippen LogP contribution in [-0.4, -0.2) is 26.7 Å². The molecule has 19 heavy (non-hydrogen) atoms. The highest BCUT2D eigenvalue weighted by atomic mass is 16.2. The molecule has 0 aliphatic carbocycles. The molecule has 2 rings (SSSR count). The number of hydrogen-bond donors (Lipinski definition) is 1. The highest BCUT2D eigenvalue weighted by Crippen LogP contribution is 2.15. The van der Waals surface area contributed by atoms with Gasteiger partial charge in [-0.25, -0.2) is 4.68 Å². The third-order valence-electron chi connectivity index (χ3n) is 3.17. The topological polar surface area (TPSA) is 50.9 Å². The van der Waals surface area contributed by atoms with Crippen molar-refractivity contribution < 1.29 is 5.11 Å². The lowest BCUT2D eigenvalue weighted by Gasteiger charge is -2.06. The van der Waals surface area contributed by atoms with Crippen LogP contribution in [0.5, 0.6) is 0 Å². The van der Waals surface area contributed by atoms with Gasteiger partial charge < -0.3 is 5.11 Å². The van der Waals surface area contributed by atoms with Crippen molar-refractivity contribution in [1.29, 1.82) is 0 Å². The van der Waals surface area contributed by atoms with E-state index in [9.17, 15) is 0 Å². The van der Waals surface area contributed by atoms with Gasteiger partial charge in [0.2, 0.25) is 0 Å². The first kappa shape index (κ1) is 13.7. The van der Waals surface area contributed by atoms with Crippen molar-refractivity contribution in [2.75, 3.05) is 6.61 Å². The van der Waals surface area contributed by atoms with E-state index in [1.807, 2.05) is 10.9 Å². The second kappa shape index (κ2) is 6.48. The van der Waals surface area contributed by atoms with Crippen LogP contribution in [0, 0.1) is 0 Å². The molecule has 0 aliphatic rings. The highest BCUT2D eigenvalue weighted by Gasteiger charge is 2.03. The first-order chi connectivity index (χ1) is 9.19. The van der Waals surface area contributed by atoms with Gasteiger partial charge in [-0.05, 0) is 29.9 Å². The normalized spacial score (nSPS) is 11.2. The second-order valence-corrected chi connectivity index (χ2v) is 5.13. The fourth-order valence-corrected chi connectivity index (χ4v) is 1.99. The maximum atomic E-state index is 8.79. The number of aliphatic hydroxyl groups excluding tert-OH is 1. The van der Waals surface area contributed by atoms with Gasteiger partial charge in [-0.15, -0.1) is 5.10 Å². The van der Waals surface area contributed by atoms with Crippen LogP contribution >= 0.6 is 0 Å². The molecule has 1 aromatic carbocycles. The van der Waals surface area contributed by atoms with E-state index in [0.29, 0.717) is 5.92 Å². The summed E-state index contributed by atoms with van der Waals surface area (Å²) in [5.41, 5.74) is 3.52. The van der Waals surface area contributed by atoms with Crippen LogP contribution < -0.4 is 0 Å². The van der Waals surface area contributed by atoms with Gasteiger partial charge in [-0.1, -0.05) is 43.3 Å². The minimum absolute atomic E-state index is 0.198. The quantitative estimate of drug-likeness (QED) is 0.866. The van der Waals surface area contributed by atoms with Crippen molar-refractivity contribution in [3.63, 3.8) is 0 Å². The van der Waals surface area contributed by atoms with Gasteiger partial charge in [0.15, 0.2) is 0 Å². The van der Waals surface area contributed by atoms with Crippen molar-refractivity contribution in [3.8, 4) is 0 Å². The van der Waals surface area contributed by atoms with E-state index in [1.165, 1.54) is 11.1 Å². The van der Waals surface area contributed by atoms with E-state index in [-0.39, 0.29) is 6.61 Å². The Morgan fingerprint density at radius 3 is 2.58 bits per heavy atom. The van der Waals surface area contributed by atoms with E-state index in [1.54, 1.807) is 0 Å². The summed E-state index contributed by atoms with van der Waals surface area (Å²) < 4.78 is 1.84. The lowest BCUT2D eigenvalue weighted by Crippen LogP contribution is -2.00. The summed E-state index contributed by atoms with van der Waals surface area (Å²) in [4.78, 5) is 0. The van der Waals surface area contributed by atoms with Crippen LogP contribution in [0.3, 0.4) is 0 Å². The molecule has 0 atom stereocenters. The van der Waals surface area contributed by atoms with Gasteiger partial charge in [0.05, 0.1) is 12.2 Å². The van der Waals surface area contributed by atoms with E-state index in [4.69, 9.17) is 5.11 Å². The van der Waals surface area contributed by atoms with Crippen molar-refractivity contribution >= 4 is 0 Å². The minimum Gasteiger partial charge on any atom is -0.396 e. The lowest BCUT2D eigenvalue weighted by molar-refractivity contribution is 0.288. The predicted octanol–water partition coefficient (Wildman–Crippen LogP) is 2.37. The molecule has 0 bridgehead atoms. The Labute approximate surface area is 114 Å². The smallest absolute Gasteiger partial charge is 0.0828 e. The van der Waals surface area contributed by atoms with Crippen LogP contribution in [0.15, 0.2) is 30.5 Å². The van der Waals surface area contributed by atoms with Gasteiger partial charge in [0.1, 0.15) is 0 Å². The van der Waals surface area contributed by atoms with E-state index in [2.05, 4.69) is 48.4 Å². The largest absolute Gasteiger partial charge is 0.396 e. The summed E-state index contributed by atoms with van der Waals surface area (Å²) in [5.74, 6) is 0.561. The molecule has 1 heterocycles. The Bertz CT molecular complexity index is 502. The number of aromatic nitrogens is 3. The highest BCUT2D eigenvalue weighted by molar-refractivity contribution is 5.24. The van der Waals surface area contributed by atoms with Crippen molar-refractivity contribution in [2.45, 2.75) is 39.2 Å². The van der Waals surface area contributed by atoms with Gasteiger partial charge in [-0.3, -0.25) is 0 Å². The molecule has 102 valence electrons. The third kappa shape index (κ3) is 3.89. The van der Waals surface area contributed by atoms with E-state index in [0.717, 1.165) is 25.1 Å². The summed E-state index contributed by atoms with van der Waals surface area (Å²) in [6, 6.07) is 8.63. The average Bonchev–Trinajstić information content (AvgIpc) is 2.84. The van der Waals surface area contributed by atoms with Crippen LogP contribution in [-0.2, 0) is 13.0 Å². The number of hydrogen-bond acceptors (Lipinski definition) is 3. The third-order valence-corrected chi connectivity index (χ3v) is 3.17. The van der Waals surface area contributed by atoms with Crippen LogP contribution in [0.25, 0.3) is 0 Å². The van der Waals surface area contributed by atoms with E-state index >= 15 is 0 Å². The zero-order valence-corrected chi connectivity index (χ0v) is 11.6. The molecule has 4 heteroatoms. The molecule has 2 aromatic rings. The molecule has 0 fully saturated rings. The summed E-state index contributed by atoms with van der Waals surface area (Å²) >= 11 is 0. The van der Waals surface area contributed by atoms with Crippen LogP contribution in [0.1, 0.15) is 43.0 Å². The second-order valence-electron chi connectivity index (χ2n) is 5.13. The Hall–Kier alpha value is -1.68. The summed E-state index contributed by atoms with van der Waals surface area (Å²) in [7, 11) is 0. The first-order valence-electron chi connectivity index (χ1n) is 6.77. The molecule has 0 spiro atoms. The maximum absolute atomic E-state index is 8.79. The number of rotatable bonds is 6. The number of benzene rings is 1. The summed E-state index contributed by atoms with van der Waals surface area (Å²) in [5, 5.41) is 17.0. The molecule has 1 aromatic heterocycles. The van der Waals surface area contributed by atoms with Gasteiger partial charge in [-0.2, -0.15) is 0 Å². The molecule has 0 radical (unpaired) electrons. The molecule has 1 N–H and O–H groups in total. The zero-order chi connectivity index (χ0) is 13.7. The van der Waals surface area contributed by atoms with Gasteiger partial charge >= 0.3 is 0 Å². The SMILES string of the molecule is CC(C)c1ccc(Cn2cc(CCCO)nn2)cc1. The standard InChI is InChI=1S/C15H21N3O/c1-12(2)14-7-5-13(6-8-14)10-18-11-15(16-17-18)4-3-9-19/h5-8,11-12,19H,3-4,9-10H2,1-2H3. The van der Waals surface area contributed by atoms with Crippen molar-refractivity contribution in [3.05, 3.63) is 47.3 Å². The molecular weight excluding hydrogens is 238 g/mol. The molecule has 0 aliphatic heterocycles. The zero-order valence-electron chi connectivity index (χ0n) is 11.6. The molecule has 0 saturated heterocycles. The minimum atomic E-state index is 0.198. The fourth-order valence-electron chi connectivity index (χ4n) is 1.99. The Morgan fingerprint density at radius 1 is 1.21 bits per heavy atom. The molecule has 0 unspecified atom stereocenters. The van der Waals surface area contributed by atoms with Crippen molar-refractivity contribution in [2.24, 2.45) is 0 Å². The monoisotopic (exact) mass is 259 g/mol. The van der Waals surface area contributed by atoms with Gasteiger partial charge in [0, 0.05) is 12.8 Å². The van der Waals surface area contributed by atoms with E-state index < -0.39 is 0 Å². The number of aliphatic hydroxyl groups is 1. The average molecular weight is 259 g/mol. The molecule has 0 saturated carbocycles. The Kier molecular flexibility index (Phi) is 4.68.